The van der Waals surface area contributed by atoms with Gasteiger partial charge in [0.05, 0.1) is 30.7 Å². The molecule has 3 heterocycles. The quantitative estimate of drug-likeness (QED) is 0.492. The minimum absolute atomic E-state index is 0.0565. The van der Waals surface area contributed by atoms with E-state index < -0.39 is 6.04 Å². The van der Waals surface area contributed by atoms with Gasteiger partial charge >= 0.3 is 0 Å². The Kier molecular flexibility index (Phi) is 6.94. The van der Waals surface area contributed by atoms with Crippen molar-refractivity contribution in [2.45, 2.75) is 25.6 Å². The molecule has 3 aromatic rings. The Morgan fingerprint density at radius 1 is 0.944 bits per heavy atom. The number of thioether (sulfide) groups is 1. The molecule has 1 aromatic heterocycles. The maximum atomic E-state index is 13.3. The van der Waals surface area contributed by atoms with Gasteiger partial charge in [-0.25, -0.2) is 9.89 Å². The van der Waals surface area contributed by atoms with E-state index in [1.54, 1.807) is 18.4 Å². The SMILES string of the molecule is O=C(CSC1=Nc2ccccc2C2=N[C@H](CC(=O)NCc3ccccc3)C(=O)N12)NCc1ccco1. The van der Waals surface area contributed by atoms with E-state index in [4.69, 9.17) is 4.42 Å². The summed E-state index contributed by atoms with van der Waals surface area (Å²) in [6, 6.07) is 19.6. The summed E-state index contributed by atoms with van der Waals surface area (Å²) in [4.78, 5) is 48.9. The van der Waals surface area contributed by atoms with Crippen LogP contribution in [0, 0.1) is 0 Å². The highest BCUT2D eigenvalue weighted by atomic mass is 32.2. The molecule has 3 amide bonds. The summed E-state index contributed by atoms with van der Waals surface area (Å²) >= 11 is 1.15. The fraction of sp³-hybridized carbons (Fsp3) is 0.192. The van der Waals surface area contributed by atoms with Crippen LogP contribution in [0.4, 0.5) is 5.69 Å². The maximum Gasteiger partial charge on any atom is 0.259 e. The topological polar surface area (TPSA) is 116 Å². The number of furan rings is 1. The first-order valence-corrected chi connectivity index (χ1v) is 12.4. The number of hydrogen-bond acceptors (Lipinski definition) is 7. The van der Waals surface area contributed by atoms with E-state index in [0.29, 0.717) is 34.6 Å². The van der Waals surface area contributed by atoms with E-state index in [1.807, 2.05) is 54.6 Å². The highest BCUT2D eigenvalue weighted by Gasteiger charge is 2.42. The molecule has 0 bridgehead atoms. The number of aliphatic imine (C=N–C) groups is 2. The number of amidine groups is 2. The highest BCUT2D eigenvalue weighted by molar-refractivity contribution is 8.14. The third-order valence-corrected chi connectivity index (χ3v) is 6.57. The summed E-state index contributed by atoms with van der Waals surface area (Å²) < 4.78 is 5.23. The molecule has 1 atom stereocenters. The maximum absolute atomic E-state index is 13.3. The second-order valence-corrected chi connectivity index (χ2v) is 9.11. The summed E-state index contributed by atoms with van der Waals surface area (Å²) in [5, 5.41) is 5.99. The molecule has 0 saturated heterocycles. The van der Waals surface area contributed by atoms with Crippen LogP contribution in [0.5, 0.6) is 0 Å². The summed E-state index contributed by atoms with van der Waals surface area (Å²) in [5.74, 6) is 0.329. The second-order valence-electron chi connectivity index (χ2n) is 8.16. The molecule has 9 nitrogen and oxygen atoms in total. The van der Waals surface area contributed by atoms with Gasteiger partial charge in [0, 0.05) is 12.1 Å². The zero-order chi connectivity index (χ0) is 24.9. The predicted molar refractivity (Wildman–Crippen MR) is 137 cm³/mol. The van der Waals surface area contributed by atoms with E-state index in [1.165, 1.54) is 4.90 Å². The average molecular weight is 502 g/mol. The van der Waals surface area contributed by atoms with Crippen LogP contribution >= 0.6 is 11.8 Å². The number of carbonyl (C=O) groups excluding carboxylic acids is 3. The van der Waals surface area contributed by atoms with Crippen LogP contribution < -0.4 is 10.6 Å². The molecule has 0 aliphatic carbocycles. The van der Waals surface area contributed by atoms with E-state index in [-0.39, 0.29) is 36.4 Å². The van der Waals surface area contributed by atoms with Gasteiger partial charge in [0.15, 0.2) is 5.17 Å². The molecule has 2 aromatic carbocycles. The van der Waals surface area contributed by atoms with Crippen molar-refractivity contribution in [3.8, 4) is 0 Å². The van der Waals surface area contributed by atoms with Gasteiger partial charge in [-0.2, -0.15) is 0 Å². The van der Waals surface area contributed by atoms with Crippen LogP contribution in [0.3, 0.4) is 0 Å². The van der Waals surface area contributed by atoms with Gasteiger partial charge in [-0.1, -0.05) is 54.2 Å². The third-order valence-electron chi connectivity index (χ3n) is 5.63. The molecule has 0 fully saturated rings. The minimum atomic E-state index is -0.861. The van der Waals surface area contributed by atoms with E-state index >= 15 is 0 Å². The Morgan fingerprint density at radius 2 is 1.72 bits per heavy atom. The Morgan fingerprint density at radius 3 is 2.53 bits per heavy atom. The average Bonchev–Trinajstić information content (AvgIpc) is 3.54. The van der Waals surface area contributed by atoms with Crippen molar-refractivity contribution in [2.75, 3.05) is 5.75 Å². The zero-order valence-corrected chi connectivity index (χ0v) is 20.0. The van der Waals surface area contributed by atoms with Crippen LogP contribution in [0.1, 0.15) is 23.3 Å². The van der Waals surface area contributed by atoms with E-state index in [2.05, 4.69) is 20.6 Å². The van der Waals surface area contributed by atoms with Gasteiger partial charge in [0.1, 0.15) is 17.6 Å². The molecule has 0 unspecified atom stereocenters. The van der Waals surface area contributed by atoms with Gasteiger partial charge in [-0.3, -0.25) is 19.4 Å². The minimum Gasteiger partial charge on any atom is -0.467 e. The first kappa shape index (κ1) is 23.6. The van der Waals surface area contributed by atoms with Crippen molar-refractivity contribution in [1.82, 2.24) is 15.5 Å². The van der Waals surface area contributed by atoms with Gasteiger partial charge in [-0.05, 0) is 29.8 Å². The van der Waals surface area contributed by atoms with Crippen LogP contribution in [-0.4, -0.2) is 45.4 Å². The summed E-state index contributed by atoms with van der Waals surface area (Å²) in [5.41, 5.74) is 2.34. The molecule has 2 aliphatic heterocycles. The second kappa shape index (κ2) is 10.6. The monoisotopic (exact) mass is 501 g/mol. The summed E-state index contributed by atoms with van der Waals surface area (Å²) in [6.45, 7) is 0.649. The Hall–Kier alpha value is -4.18. The molecule has 2 N–H and O–H groups in total. The van der Waals surface area contributed by atoms with Crippen LogP contribution in [0.15, 0.2) is 87.4 Å². The molecule has 2 aliphatic rings. The van der Waals surface area contributed by atoms with Crippen molar-refractivity contribution < 1.29 is 18.8 Å². The Balaban J connectivity index is 1.26. The molecule has 182 valence electrons. The van der Waals surface area contributed by atoms with E-state index in [9.17, 15) is 14.4 Å². The fourth-order valence-corrected chi connectivity index (χ4v) is 4.69. The number of amides is 3. The molecule has 36 heavy (non-hydrogen) atoms. The first-order chi connectivity index (χ1) is 17.6. The number of nitrogens with zero attached hydrogens (tertiary/aromatic N) is 3. The third kappa shape index (κ3) is 5.23. The van der Waals surface area contributed by atoms with Crippen LogP contribution in [0.2, 0.25) is 0 Å². The highest BCUT2D eigenvalue weighted by Crippen LogP contribution is 2.34. The molecule has 10 heteroatoms. The first-order valence-electron chi connectivity index (χ1n) is 11.4. The van der Waals surface area contributed by atoms with Crippen molar-refractivity contribution in [3.63, 3.8) is 0 Å². The summed E-state index contributed by atoms with van der Waals surface area (Å²) in [6.07, 6.45) is 1.47. The van der Waals surface area contributed by atoms with Crippen molar-refractivity contribution >= 4 is 46.2 Å². The zero-order valence-electron chi connectivity index (χ0n) is 19.2. The largest absolute Gasteiger partial charge is 0.467 e. The van der Waals surface area contributed by atoms with Crippen LogP contribution in [-0.2, 0) is 27.5 Å². The van der Waals surface area contributed by atoms with Gasteiger partial charge in [-0.15, -0.1) is 0 Å². The van der Waals surface area contributed by atoms with Crippen LogP contribution in [0.25, 0.3) is 0 Å². The standard InChI is InChI=1S/C26H23N5O4S/c32-22(27-14-17-7-2-1-3-8-17)13-21-25(34)31-24(29-21)19-10-4-5-11-20(19)30-26(31)36-16-23(33)28-15-18-9-6-12-35-18/h1-12,21H,13-16H2,(H,27,32)(H,28,33)/t21-/m1/s1. The van der Waals surface area contributed by atoms with Crippen molar-refractivity contribution in [2.24, 2.45) is 9.98 Å². The molecule has 0 radical (unpaired) electrons. The van der Waals surface area contributed by atoms with Crippen molar-refractivity contribution in [3.05, 3.63) is 89.9 Å². The number of benzene rings is 2. The lowest BCUT2D eigenvalue weighted by molar-refractivity contribution is -0.128. The Labute approximate surface area is 211 Å². The van der Waals surface area contributed by atoms with E-state index in [0.717, 1.165) is 17.3 Å². The predicted octanol–water partition coefficient (Wildman–Crippen LogP) is 2.99. The van der Waals surface area contributed by atoms with Crippen molar-refractivity contribution in [1.29, 1.82) is 0 Å². The number of fused-ring (bicyclic) bond motifs is 3. The molecule has 0 spiro atoms. The van der Waals surface area contributed by atoms with Gasteiger partial charge in [0.25, 0.3) is 5.91 Å². The van der Waals surface area contributed by atoms with Gasteiger partial charge < -0.3 is 15.1 Å². The molecular formula is C26H23N5O4S. The number of hydrogen-bond donors (Lipinski definition) is 2. The lowest BCUT2D eigenvalue weighted by Crippen LogP contribution is -2.42. The number of rotatable bonds is 8. The fourth-order valence-electron chi connectivity index (χ4n) is 3.86. The lowest BCUT2D eigenvalue weighted by atomic mass is 10.1. The summed E-state index contributed by atoms with van der Waals surface area (Å²) in [7, 11) is 0. The number of nitrogens with one attached hydrogen (secondary N) is 2. The molecule has 5 rings (SSSR count). The number of carbonyl (C=O) groups is 3. The molecule has 0 saturated carbocycles. The smallest absolute Gasteiger partial charge is 0.259 e. The molecular weight excluding hydrogens is 478 g/mol. The lowest BCUT2D eigenvalue weighted by Gasteiger charge is -2.25. The Bertz CT molecular complexity index is 1340. The number of para-hydroxylation sites is 1. The van der Waals surface area contributed by atoms with Gasteiger partial charge in [0.2, 0.25) is 11.8 Å². The normalized spacial score (nSPS) is 16.1.